The van der Waals surface area contributed by atoms with Crippen molar-refractivity contribution in [1.82, 2.24) is 18.7 Å². The van der Waals surface area contributed by atoms with Gasteiger partial charge in [-0.1, -0.05) is 48.5 Å². The zero-order chi connectivity index (χ0) is 20.7. The van der Waals surface area contributed by atoms with Gasteiger partial charge in [-0.05, 0) is 37.0 Å². The van der Waals surface area contributed by atoms with E-state index in [1.165, 1.54) is 4.31 Å². The Labute approximate surface area is 175 Å². The lowest BCUT2D eigenvalue weighted by Crippen LogP contribution is -2.41. The molecule has 3 heterocycles. The van der Waals surface area contributed by atoms with Crippen LogP contribution in [0.4, 0.5) is 0 Å². The van der Waals surface area contributed by atoms with Gasteiger partial charge in [-0.3, -0.25) is 4.57 Å². The number of aromatic nitrogens is 3. The summed E-state index contributed by atoms with van der Waals surface area (Å²) >= 11 is 0. The zero-order valence-electron chi connectivity index (χ0n) is 16.6. The summed E-state index contributed by atoms with van der Waals surface area (Å²) in [4.78, 5) is 13.5. The smallest absolute Gasteiger partial charge is 0.271 e. The highest BCUT2D eigenvalue weighted by molar-refractivity contribution is 7.89. The first kappa shape index (κ1) is 19.3. The van der Waals surface area contributed by atoms with Crippen molar-refractivity contribution in [3.8, 4) is 0 Å². The molecule has 0 aliphatic carbocycles. The van der Waals surface area contributed by atoms with Crippen LogP contribution in [0.25, 0.3) is 0 Å². The summed E-state index contributed by atoms with van der Waals surface area (Å²) < 4.78 is 30.6. The summed E-state index contributed by atoms with van der Waals surface area (Å²) in [5, 5.41) is 4.63. The minimum absolute atomic E-state index is 0.0287. The molecule has 0 saturated carbocycles. The van der Waals surface area contributed by atoms with Crippen LogP contribution >= 0.6 is 0 Å². The van der Waals surface area contributed by atoms with E-state index in [0.717, 1.165) is 24.2 Å². The molecular formula is C22H24N4O3S. The Hall–Kier alpha value is -2.71. The lowest BCUT2D eigenvalue weighted by Gasteiger charge is -2.30. The van der Waals surface area contributed by atoms with Crippen molar-refractivity contribution in [1.29, 1.82) is 0 Å². The Morgan fingerprint density at radius 1 is 0.867 bits per heavy atom. The summed E-state index contributed by atoms with van der Waals surface area (Å²) in [6.45, 7) is 0.775. The van der Waals surface area contributed by atoms with Crippen molar-refractivity contribution < 1.29 is 8.42 Å². The first-order chi connectivity index (χ1) is 14.6. The zero-order valence-corrected chi connectivity index (χ0v) is 17.4. The van der Waals surface area contributed by atoms with E-state index in [2.05, 4.69) is 17.2 Å². The van der Waals surface area contributed by atoms with Crippen molar-refractivity contribution in [3.63, 3.8) is 0 Å². The molecule has 0 unspecified atom stereocenters. The quantitative estimate of drug-likeness (QED) is 0.645. The van der Waals surface area contributed by atoms with E-state index in [1.807, 2.05) is 22.8 Å². The van der Waals surface area contributed by atoms with Gasteiger partial charge in [0.05, 0.1) is 17.0 Å². The number of hydrogen-bond donors (Lipinski definition) is 0. The van der Waals surface area contributed by atoms with Crippen LogP contribution in [0.15, 0.2) is 70.4 Å². The molecule has 30 heavy (non-hydrogen) atoms. The second-order valence-electron chi connectivity index (χ2n) is 7.93. The molecule has 2 aliphatic rings. The fourth-order valence-corrected chi connectivity index (χ4v) is 6.10. The topological polar surface area (TPSA) is 77.2 Å². The van der Waals surface area contributed by atoms with E-state index in [0.29, 0.717) is 30.8 Å². The maximum atomic E-state index is 13.2. The number of benzene rings is 2. The molecule has 0 radical (unpaired) electrons. The van der Waals surface area contributed by atoms with Gasteiger partial charge in [0.1, 0.15) is 5.82 Å². The molecule has 0 amide bonds. The summed E-state index contributed by atoms with van der Waals surface area (Å²) in [5.74, 6) is 0.827. The van der Waals surface area contributed by atoms with Crippen LogP contribution in [-0.2, 0) is 16.4 Å². The van der Waals surface area contributed by atoms with Gasteiger partial charge in [0.15, 0.2) is 0 Å². The first-order valence-electron chi connectivity index (χ1n) is 10.4. The number of sulfonamides is 1. The predicted molar refractivity (Wildman–Crippen MR) is 113 cm³/mol. The summed E-state index contributed by atoms with van der Waals surface area (Å²) in [5.41, 5.74) is 1.04. The standard InChI is InChI=1S/C22H24N4O3S/c27-22-25-20(17-7-3-1-4-8-17)11-12-21(25)23-26(22)18-13-15-24(16-14-18)30(28,29)19-9-5-2-6-10-19/h1-10,18,20H,11-16H2/t20-/m0/s1. The number of aryl methyl sites for hydroxylation is 1. The first-order valence-corrected chi connectivity index (χ1v) is 11.8. The number of piperidine rings is 1. The van der Waals surface area contributed by atoms with E-state index in [1.54, 1.807) is 35.0 Å². The van der Waals surface area contributed by atoms with Gasteiger partial charge in [0.25, 0.3) is 0 Å². The lowest BCUT2D eigenvalue weighted by molar-refractivity contribution is 0.254. The minimum atomic E-state index is -3.50. The maximum Gasteiger partial charge on any atom is 0.346 e. The third-order valence-electron chi connectivity index (χ3n) is 6.19. The Morgan fingerprint density at radius 3 is 2.17 bits per heavy atom. The van der Waals surface area contributed by atoms with Gasteiger partial charge < -0.3 is 0 Å². The van der Waals surface area contributed by atoms with Crippen molar-refractivity contribution >= 4 is 10.0 Å². The van der Waals surface area contributed by atoms with Crippen LogP contribution in [0.1, 0.15) is 42.7 Å². The van der Waals surface area contributed by atoms with Crippen LogP contribution < -0.4 is 5.69 Å². The molecule has 2 aliphatic heterocycles. The number of fused-ring (bicyclic) bond motifs is 1. The minimum Gasteiger partial charge on any atom is -0.271 e. The molecule has 5 rings (SSSR count). The average Bonchev–Trinajstić information content (AvgIpc) is 3.35. The van der Waals surface area contributed by atoms with Crippen molar-refractivity contribution in [2.24, 2.45) is 0 Å². The van der Waals surface area contributed by atoms with E-state index >= 15 is 0 Å². The van der Waals surface area contributed by atoms with Crippen LogP contribution in [-0.4, -0.2) is 40.2 Å². The predicted octanol–water partition coefficient (Wildman–Crippen LogP) is 2.61. The molecule has 1 fully saturated rings. The summed E-state index contributed by atoms with van der Waals surface area (Å²) in [7, 11) is -3.50. The third kappa shape index (κ3) is 3.20. The molecule has 156 valence electrons. The molecule has 3 aromatic rings. The van der Waals surface area contributed by atoms with Gasteiger partial charge in [0.2, 0.25) is 10.0 Å². The number of nitrogens with zero attached hydrogens (tertiary/aromatic N) is 4. The van der Waals surface area contributed by atoms with E-state index in [-0.39, 0.29) is 17.8 Å². The Balaban J connectivity index is 1.35. The van der Waals surface area contributed by atoms with Crippen LogP contribution in [0.3, 0.4) is 0 Å². The van der Waals surface area contributed by atoms with Gasteiger partial charge in [0, 0.05) is 19.5 Å². The SMILES string of the molecule is O=c1n(C2CCN(S(=O)(=O)c3ccccc3)CC2)nc2n1[C@H](c1ccccc1)CC2. The number of rotatable bonds is 4. The van der Waals surface area contributed by atoms with Crippen LogP contribution in [0, 0.1) is 0 Å². The fourth-order valence-electron chi connectivity index (χ4n) is 4.61. The van der Waals surface area contributed by atoms with E-state index in [4.69, 9.17) is 0 Å². The Bertz CT molecular complexity index is 1190. The average molecular weight is 425 g/mol. The maximum absolute atomic E-state index is 13.2. The van der Waals surface area contributed by atoms with Gasteiger partial charge in [-0.15, -0.1) is 0 Å². The highest BCUT2D eigenvalue weighted by atomic mass is 32.2. The molecule has 0 spiro atoms. The van der Waals surface area contributed by atoms with E-state index in [9.17, 15) is 13.2 Å². The molecule has 8 heteroatoms. The summed E-state index contributed by atoms with van der Waals surface area (Å²) in [6, 6.07) is 18.5. The van der Waals surface area contributed by atoms with Crippen molar-refractivity contribution in [2.45, 2.75) is 42.7 Å². The second kappa shape index (κ2) is 7.52. The molecule has 2 aromatic carbocycles. The Morgan fingerprint density at radius 2 is 1.50 bits per heavy atom. The van der Waals surface area contributed by atoms with Crippen LogP contribution in [0.2, 0.25) is 0 Å². The molecular weight excluding hydrogens is 400 g/mol. The van der Waals surface area contributed by atoms with Gasteiger partial charge in [-0.2, -0.15) is 9.40 Å². The largest absolute Gasteiger partial charge is 0.346 e. The number of hydrogen-bond acceptors (Lipinski definition) is 4. The molecule has 0 bridgehead atoms. The molecule has 1 aromatic heterocycles. The molecule has 1 atom stereocenters. The third-order valence-corrected chi connectivity index (χ3v) is 8.10. The molecule has 1 saturated heterocycles. The van der Waals surface area contributed by atoms with Gasteiger partial charge in [-0.25, -0.2) is 17.9 Å². The monoisotopic (exact) mass is 424 g/mol. The lowest BCUT2D eigenvalue weighted by atomic mass is 10.1. The fraction of sp³-hybridized carbons (Fsp3) is 0.364. The highest BCUT2D eigenvalue weighted by Gasteiger charge is 2.34. The molecule has 0 N–H and O–H groups in total. The van der Waals surface area contributed by atoms with Crippen LogP contribution in [0.5, 0.6) is 0 Å². The van der Waals surface area contributed by atoms with E-state index < -0.39 is 10.0 Å². The summed E-state index contributed by atoms with van der Waals surface area (Å²) in [6.07, 6.45) is 2.83. The Kier molecular flexibility index (Phi) is 4.83. The van der Waals surface area contributed by atoms with Crippen molar-refractivity contribution in [2.75, 3.05) is 13.1 Å². The van der Waals surface area contributed by atoms with Crippen molar-refractivity contribution in [3.05, 3.63) is 82.5 Å². The van der Waals surface area contributed by atoms with Gasteiger partial charge >= 0.3 is 5.69 Å². The normalized spacial score (nSPS) is 20.3. The second-order valence-corrected chi connectivity index (χ2v) is 9.86. The molecule has 7 nitrogen and oxygen atoms in total. The highest BCUT2D eigenvalue weighted by Crippen LogP contribution is 2.31.